The Bertz CT molecular complexity index is 1730. The maximum Gasteiger partial charge on any atom is 1.00 e. The fourth-order valence-corrected chi connectivity index (χ4v) is 7.63. The fourth-order valence-electron chi connectivity index (χ4n) is 7.63. The van der Waals surface area contributed by atoms with Gasteiger partial charge in [-0.25, -0.2) is 14.6 Å². The molecule has 0 bridgehead atoms. The number of allylic oxidation sites excluding steroid dienone is 1. The number of carboxylic acids is 1. The molecule has 0 radical (unpaired) electrons. The number of esters is 1. The van der Waals surface area contributed by atoms with Crippen LogP contribution in [0.25, 0.3) is 10.9 Å². The number of benzene rings is 1. The van der Waals surface area contributed by atoms with Crippen LogP contribution < -0.4 is 54.8 Å². The molecule has 5 atom stereocenters. The van der Waals surface area contributed by atoms with Gasteiger partial charge in [-0.05, 0) is 70.4 Å². The van der Waals surface area contributed by atoms with E-state index in [0.29, 0.717) is 41.5 Å². The van der Waals surface area contributed by atoms with Crippen LogP contribution in [0.5, 0.6) is 11.5 Å². The van der Waals surface area contributed by atoms with Gasteiger partial charge in [-0.15, -0.1) is 0 Å². The van der Waals surface area contributed by atoms with Crippen molar-refractivity contribution >= 4 is 40.7 Å². The van der Waals surface area contributed by atoms with Crippen LogP contribution in [-0.4, -0.2) is 90.3 Å². The normalized spacial score (nSPS) is 27.1. The van der Waals surface area contributed by atoms with Gasteiger partial charge in [0.15, 0.2) is 0 Å². The first-order valence-corrected chi connectivity index (χ1v) is 17.8. The second-order valence-corrected chi connectivity index (χ2v) is 13.9. The molecule has 1 aromatic carbocycles. The summed E-state index contributed by atoms with van der Waals surface area (Å²) in [7, 11) is 2.77. The Hall–Kier alpha value is -3.88. The van der Waals surface area contributed by atoms with Gasteiger partial charge in [0, 0.05) is 29.4 Å². The number of carbonyl (C=O) groups is 5. The Balaban J connectivity index is 0.00000523. The quantitative estimate of drug-likeness (QED) is 0.220. The number of hydrogen-bond acceptors (Lipinski definition) is 11. The molecule has 2 saturated carbocycles. The molecule has 2 aromatic rings. The molecule has 15 heteroatoms. The molecule has 3 fully saturated rings. The van der Waals surface area contributed by atoms with Crippen molar-refractivity contribution in [3.05, 3.63) is 41.6 Å². The van der Waals surface area contributed by atoms with E-state index in [2.05, 4.69) is 15.6 Å². The summed E-state index contributed by atoms with van der Waals surface area (Å²) in [4.78, 5) is 72.3. The molecule has 4 aliphatic rings. The molecule has 2 aliphatic heterocycles. The van der Waals surface area contributed by atoms with Gasteiger partial charge in [0.2, 0.25) is 11.8 Å². The van der Waals surface area contributed by atoms with Crippen LogP contribution in [0.15, 0.2) is 30.4 Å². The summed E-state index contributed by atoms with van der Waals surface area (Å²) < 4.78 is 22.6. The number of fused-ring (bicyclic) bond motifs is 3. The van der Waals surface area contributed by atoms with Gasteiger partial charge in [-0.1, -0.05) is 25.0 Å². The number of nitrogens with zero attached hydrogens (tertiary/aromatic N) is 2. The third kappa shape index (κ3) is 8.34. The number of aromatic nitrogens is 1. The minimum atomic E-state index is -1.50. The van der Waals surface area contributed by atoms with Crippen molar-refractivity contribution in [2.24, 2.45) is 5.92 Å². The van der Waals surface area contributed by atoms with Gasteiger partial charge >= 0.3 is 41.6 Å². The summed E-state index contributed by atoms with van der Waals surface area (Å²) in [5, 5.41) is 18.2. The predicted octanol–water partition coefficient (Wildman–Crippen LogP) is -0.127. The zero-order valence-corrected chi connectivity index (χ0v) is 32.2. The van der Waals surface area contributed by atoms with Crippen LogP contribution in [-0.2, 0) is 23.9 Å². The zero-order valence-electron chi connectivity index (χ0n) is 30.2. The molecule has 2 aliphatic carbocycles. The van der Waals surface area contributed by atoms with Gasteiger partial charge < -0.3 is 44.4 Å². The Morgan fingerprint density at radius 2 is 1.77 bits per heavy atom. The second-order valence-electron chi connectivity index (χ2n) is 13.9. The summed E-state index contributed by atoms with van der Waals surface area (Å²) in [6.45, 7) is 1.69. The first-order chi connectivity index (χ1) is 24.5. The summed E-state index contributed by atoms with van der Waals surface area (Å²) >= 11 is 0. The van der Waals surface area contributed by atoms with Crippen molar-refractivity contribution in [2.45, 2.75) is 107 Å². The van der Waals surface area contributed by atoms with E-state index in [-0.39, 0.29) is 66.0 Å². The number of aryl methyl sites for hydroxylation is 1. The minimum absolute atomic E-state index is 0. The van der Waals surface area contributed by atoms with Gasteiger partial charge in [-0.3, -0.25) is 9.59 Å². The van der Waals surface area contributed by atoms with Crippen LogP contribution in [0.2, 0.25) is 0 Å². The molecule has 274 valence electrons. The van der Waals surface area contributed by atoms with E-state index in [9.17, 15) is 29.1 Å². The predicted molar refractivity (Wildman–Crippen MR) is 181 cm³/mol. The molecule has 1 saturated heterocycles. The van der Waals surface area contributed by atoms with E-state index < -0.39 is 53.6 Å². The number of alkyl carbamates (subject to hydrolysis) is 1. The SMILES string of the molecule is COC(=O)[C@@]12CC1/C=C\CCCCC[C@H](NC(=O)OC1CCCC1)C(=O)N1C[C@H](Oc3cc(C(=O)[O-])nc4c(C)c(OC)ccc34)C[C@H]1C(=O)N2.[Na+]. The van der Waals surface area contributed by atoms with Gasteiger partial charge in [-0.2, -0.15) is 0 Å². The monoisotopic (exact) mass is 728 g/mol. The van der Waals surface area contributed by atoms with E-state index in [0.717, 1.165) is 44.9 Å². The molecule has 3 amide bonds. The first-order valence-electron chi connectivity index (χ1n) is 17.8. The van der Waals surface area contributed by atoms with Crippen LogP contribution in [0, 0.1) is 12.8 Å². The number of rotatable bonds is 7. The van der Waals surface area contributed by atoms with Crippen molar-refractivity contribution in [2.75, 3.05) is 20.8 Å². The number of ether oxygens (including phenoxy) is 4. The average Bonchev–Trinajstić information content (AvgIpc) is 3.38. The molecule has 1 aromatic heterocycles. The van der Waals surface area contributed by atoms with Crippen molar-refractivity contribution < 1.29 is 77.6 Å². The van der Waals surface area contributed by atoms with E-state index in [1.807, 2.05) is 12.2 Å². The van der Waals surface area contributed by atoms with Crippen molar-refractivity contribution in [1.82, 2.24) is 20.5 Å². The number of carbonyl (C=O) groups excluding carboxylic acids is 5. The standard InChI is InChI=1S/C37H46N4O10.Na/c1-21-29(48-2)16-15-25-30(18-27(34(44)45)38-31(21)25)50-24-17-28-32(42)40-37(35(46)49-3)19-22(37)11-7-5-4-6-8-14-26(33(43)41(28)20-24)39-36(47)51-23-12-9-10-13-23;/h7,11,15-16,18,22-24,26,28H,4-6,8-10,12-14,17,19-20H2,1-3H3,(H,39,47)(H,40,42)(H,44,45);/q;+1/p-1/b11-7-;/t22?,24-,26+,28+,37-;/m1./s1. The fraction of sp³-hybridized carbons (Fsp3) is 0.568. The number of amides is 3. The van der Waals surface area contributed by atoms with Crippen molar-refractivity contribution in [3.8, 4) is 11.5 Å². The third-order valence-electron chi connectivity index (χ3n) is 10.5. The van der Waals surface area contributed by atoms with Crippen LogP contribution in [0.1, 0.15) is 86.7 Å². The number of pyridine rings is 1. The molecular formula is C37H45N4NaO10. The van der Waals surface area contributed by atoms with Crippen molar-refractivity contribution in [3.63, 3.8) is 0 Å². The smallest absolute Gasteiger partial charge is 0.543 e. The summed E-state index contributed by atoms with van der Waals surface area (Å²) in [5.74, 6) is -2.69. The van der Waals surface area contributed by atoms with E-state index in [4.69, 9.17) is 18.9 Å². The number of nitrogens with one attached hydrogen (secondary N) is 2. The summed E-state index contributed by atoms with van der Waals surface area (Å²) in [6, 6.07) is 2.63. The Kier molecular flexibility index (Phi) is 12.7. The molecule has 52 heavy (non-hydrogen) atoms. The molecule has 14 nitrogen and oxygen atoms in total. The zero-order chi connectivity index (χ0) is 36.3. The van der Waals surface area contributed by atoms with E-state index >= 15 is 0 Å². The number of carboxylic acid groups (broad SMARTS) is 1. The Morgan fingerprint density at radius 3 is 2.48 bits per heavy atom. The number of methoxy groups -OCH3 is 2. The first kappa shape index (κ1) is 39.3. The largest absolute Gasteiger partial charge is 1.00 e. The average molecular weight is 729 g/mol. The van der Waals surface area contributed by atoms with Crippen LogP contribution in [0.3, 0.4) is 0 Å². The van der Waals surface area contributed by atoms with Gasteiger partial charge in [0.05, 0.1) is 37.9 Å². The van der Waals surface area contributed by atoms with Crippen molar-refractivity contribution in [1.29, 1.82) is 0 Å². The Labute approximate surface area is 324 Å². The molecule has 2 N–H and O–H groups in total. The summed E-state index contributed by atoms with van der Waals surface area (Å²) in [6.07, 6.45) is 9.52. The molecule has 0 spiro atoms. The summed E-state index contributed by atoms with van der Waals surface area (Å²) in [5.41, 5.74) is -0.685. The molecule has 6 rings (SSSR count). The topological polar surface area (TPSA) is 186 Å². The molecule has 1 unspecified atom stereocenters. The molecular weight excluding hydrogens is 683 g/mol. The third-order valence-corrected chi connectivity index (χ3v) is 10.5. The van der Waals surface area contributed by atoms with E-state index in [1.165, 1.54) is 25.2 Å². The van der Waals surface area contributed by atoms with E-state index in [1.54, 1.807) is 19.1 Å². The Morgan fingerprint density at radius 1 is 1.02 bits per heavy atom. The molecule has 3 heterocycles. The van der Waals surface area contributed by atoms with Gasteiger partial charge in [0.25, 0.3) is 0 Å². The van der Waals surface area contributed by atoms with Crippen LogP contribution >= 0.6 is 0 Å². The maximum absolute atomic E-state index is 14.4. The van der Waals surface area contributed by atoms with Crippen LogP contribution in [0.4, 0.5) is 4.79 Å². The number of aromatic carboxylic acids is 1. The number of hydrogen-bond donors (Lipinski definition) is 2. The van der Waals surface area contributed by atoms with Gasteiger partial charge in [0.1, 0.15) is 41.3 Å². The second kappa shape index (κ2) is 16.9. The maximum atomic E-state index is 14.4. The minimum Gasteiger partial charge on any atom is -0.543 e.